The van der Waals surface area contributed by atoms with Crippen molar-refractivity contribution in [1.29, 1.82) is 0 Å². The highest BCUT2D eigenvalue weighted by molar-refractivity contribution is 9.10. The first kappa shape index (κ1) is 13.1. The molecule has 0 aliphatic heterocycles. The molecule has 0 radical (unpaired) electrons. The molecule has 2 rings (SSSR count). The number of hydrogen-bond donors (Lipinski definition) is 1. The summed E-state index contributed by atoms with van der Waals surface area (Å²) in [5.74, 6) is -1.14. The number of amides is 1. The molecular formula is C13H8BrClFNO. The summed E-state index contributed by atoms with van der Waals surface area (Å²) in [7, 11) is 0. The molecule has 0 heterocycles. The fraction of sp³-hybridized carbons (Fsp3) is 0. The first-order valence-corrected chi connectivity index (χ1v) is 6.26. The van der Waals surface area contributed by atoms with Crippen LogP contribution in [0, 0.1) is 5.82 Å². The Kier molecular flexibility index (Phi) is 3.99. The van der Waals surface area contributed by atoms with Crippen LogP contribution >= 0.6 is 27.5 Å². The summed E-state index contributed by atoms with van der Waals surface area (Å²) in [5, 5.41) is 2.97. The number of carbonyl (C=O) groups excluding carboxylic acids is 1. The quantitative estimate of drug-likeness (QED) is 0.864. The Hall–Kier alpha value is -1.39. The summed E-state index contributed by atoms with van der Waals surface area (Å²) < 4.78 is 14.0. The lowest BCUT2D eigenvalue weighted by molar-refractivity contribution is 0.102. The average Bonchev–Trinajstić information content (AvgIpc) is 2.32. The number of anilines is 1. The summed E-state index contributed by atoms with van der Waals surface area (Å²) in [6.07, 6.45) is 0. The van der Waals surface area contributed by atoms with Gasteiger partial charge in [-0.2, -0.15) is 0 Å². The molecule has 2 nitrogen and oxygen atoms in total. The summed E-state index contributed by atoms with van der Waals surface area (Å²) in [6.45, 7) is 0. The maximum Gasteiger partial charge on any atom is 0.259 e. The molecule has 5 heteroatoms. The second-order valence-electron chi connectivity index (χ2n) is 3.53. The van der Waals surface area contributed by atoms with E-state index in [0.717, 1.165) is 0 Å². The number of carbonyl (C=O) groups is 1. The predicted molar refractivity (Wildman–Crippen MR) is 73.5 cm³/mol. The van der Waals surface area contributed by atoms with Gasteiger partial charge in [0.1, 0.15) is 5.82 Å². The molecule has 2 aromatic rings. The van der Waals surface area contributed by atoms with E-state index in [2.05, 4.69) is 21.2 Å². The summed E-state index contributed by atoms with van der Waals surface area (Å²) in [6, 6.07) is 11.1. The van der Waals surface area contributed by atoms with Gasteiger partial charge in [-0.15, -0.1) is 0 Å². The summed E-state index contributed by atoms with van der Waals surface area (Å²) >= 11 is 9.06. The monoisotopic (exact) mass is 327 g/mol. The van der Waals surface area contributed by atoms with E-state index >= 15 is 0 Å². The molecular weight excluding hydrogens is 321 g/mol. The van der Waals surface area contributed by atoms with E-state index in [1.807, 2.05) is 0 Å². The van der Waals surface area contributed by atoms with Gasteiger partial charge in [-0.25, -0.2) is 4.39 Å². The number of benzene rings is 2. The van der Waals surface area contributed by atoms with Gasteiger partial charge in [0.2, 0.25) is 0 Å². The van der Waals surface area contributed by atoms with E-state index in [1.54, 1.807) is 30.3 Å². The third-order valence-electron chi connectivity index (χ3n) is 2.31. The van der Waals surface area contributed by atoms with E-state index in [9.17, 15) is 9.18 Å². The number of para-hydroxylation sites is 1. The van der Waals surface area contributed by atoms with Crippen LogP contribution in [0.25, 0.3) is 0 Å². The van der Waals surface area contributed by atoms with Gasteiger partial charge in [-0.1, -0.05) is 29.8 Å². The van der Waals surface area contributed by atoms with E-state index in [-0.39, 0.29) is 5.56 Å². The maximum atomic E-state index is 13.6. The summed E-state index contributed by atoms with van der Waals surface area (Å²) in [4.78, 5) is 12.0. The molecule has 0 saturated carbocycles. The molecule has 2 aromatic carbocycles. The van der Waals surface area contributed by atoms with Gasteiger partial charge in [0.15, 0.2) is 0 Å². The number of rotatable bonds is 2. The Bertz CT molecular complexity index is 583. The van der Waals surface area contributed by atoms with Gasteiger partial charge < -0.3 is 5.32 Å². The number of hydrogen-bond acceptors (Lipinski definition) is 1. The van der Waals surface area contributed by atoms with Gasteiger partial charge in [-0.05, 0) is 40.2 Å². The topological polar surface area (TPSA) is 29.1 Å². The maximum absolute atomic E-state index is 13.6. The second kappa shape index (κ2) is 5.50. The van der Waals surface area contributed by atoms with Gasteiger partial charge in [0, 0.05) is 4.47 Å². The highest BCUT2D eigenvalue weighted by Gasteiger charge is 2.16. The molecule has 0 aliphatic rings. The molecule has 0 atom stereocenters. The lowest BCUT2D eigenvalue weighted by Crippen LogP contribution is -2.14. The third-order valence-corrected chi connectivity index (χ3v) is 3.30. The Labute approximate surface area is 117 Å². The molecule has 0 saturated heterocycles. The molecule has 92 valence electrons. The number of nitrogens with one attached hydrogen (secondary N) is 1. The molecule has 0 aliphatic carbocycles. The predicted octanol–water partition coefficient (Wildman–Crippen LogP) is 4.49. The van der Waals surface area contributed by atoms with Gasteiger partial charge >= 0.3 is 0 Å². The van der Waals surface area contributed by atoms with Crippen molar-refractivity contribution in [3.05, 3.63) is 63.3 Å². The van der Waals surface area contributed by atoms with Crippen LogP contribution in [0.15, 0.2) is 46.9 Å². The minimum Gasteiger partial charge on any atom is -0.321 e. The highest BCUT2D eigenvalue weighted by Crippen LogP contribution is 2.24. The van der Waals surface area contributed by atoms with Crippen LogP contribution < -0.4 is 5.32 Å². The van der Waals surface area contributed by atoms with Crippen molar-refractivity contribution in [2.24, 2.45) is 0 Å². The zero-order valence-electron chi connectivity index (χ0n) is 9.08. The van der Waals surface area contributed by atoms with Crippen LogP contribution in [0.5, 0.6) is 0 Å². The fourth-order valence-electron chi connectivity index (χ4n) is 1.46. The van der Waals surface area contributed by atoms with Crippen molar-refractivity contribution >= 4 is 39.1 Å². The van der Waals surface area contributed by atoms with Crippen LogP contribution in [0.4, 0.5) is 10.1 Å². The molecule has 0 unspecified atom stereocenters. The van der Waals surface area contributed by atoms with Crippen molar-refractivity contribution in [1.82, 2.24) is 0 Å². The highest BCUT2D eigenvalue weighted by atomic mass is 79.9. The Morgan fingerprint density at radius 3 is 2.56 bits per heavy atom. The molecule has 1 amide bonds. The van der Waals surface area contributed by atoms with Crippen LogP contribution in [0.2, 0.25) is 5.02 Å². The fourth-order valence-corrected chi connectivity index (χ4v) is 2.17. The Morgan fingerprint density at radius 1 is 1.17 bits per heavy atom. The molecule has 0 aromatic heterocycles. The third kappa shape index (κ3) is 2.71. The first-order chi connectivity index (χ1) is 8.59. The SMILES string of the molecule is O=C(Nc1ccccc1Cl)c1c(F)cccc1Br. The summed E-state index contributed by atoms with van der Waals surface area (Å²) in [5.41, 5.74) is 0.400. The zero-order chi connectivity index (χ0) is 13.1. The normalized spacial score (nSPS) is 10.2. The molecule has 1 N–H and O–H groups in total. The minimum absolute atomic E-state index is 0.0441. The molecule has 0 fully saturated rings. The van der Waals surface area contributed by atoms with Crippen molar-refractivity contribution in [3.8, 4) is 0 Å². The van der Waals surface area contributed by atoms with Crippen molar-refractivity contribution in [3.63, 3.8) is 0 Å². The van der Waals surface area contributed by atoms with E-state index in [0.29, 0.717) is 15.2 Å². The van der Waals surface area contributed by atoms with Crippen LogP contribution in [-0.2, 0) is 0 Å². The Balaban J connectivity index is 2.31. The zero-order valence-corrected chi connectivity index (χ0v) is 11.4. The molecule has 18 heavy (non-hydrogen) atoms. The van der Waals surface area contributed by atoms with Crippen molar-refractivity contribution < 1.29 is 9.18 Å². The molecule has 0 spiro atoms. The van der Waals surface area contributed by atoms with Crippen LogP contribution in [0.1, 0.15) is 10.4 Å². The van der Waals surface area contributed by atoms with Crippen molar-refractivity contribution in [2.75, 3.05) is 5.32 Å². The lowest BCUT2D eigenvalue weighted by atomic mass is 10.2. The smallest absolute Gasteiger partial charge is 0.259 e. The largest absolute Gasteiger partial charge is 0.321 e. The number of halogens is 3. The molecule has 0 bridgehead atoms. The standard InChI is InChI=1S/C13H8BrClFNO/c14-8-4-3-6-10(16)12(8)13(18)17-11-7-2-1-5-9(11)15/h1-7H,(H,17,18). The van der Waals surface area contributed by atoms with Crippen LogP contribution in [0.3, 0.4) is 0 Å². The Morgan fingerprint density at radius 2 is 1.89 bits per heavy atom. The van der Waals surface area contributed by atoms with E-state index in [4.69, 9.17) is 11.6 Å². The lowest BCUT2D eigenvalue weighted by Gasteiger charge is -2.08. The van der Waals surface area contributed by atoms with Gasteiger partial charge in [0.25, 0.3) is 5.91 Å². The van der Waals surface area contributed by atoms with Gasteiger partial charge in [0.05, 0.1) is 16.3 Å². The van der Waals surface area contributed by atoms with Crippen molar-refractivity contribution in [2.45, 2.75) is 0 Å². The minimum atomic E-state index is -0.589. The van der Waals surface area contributed by atoms with E-state index < -0.39 is 11.7 Å². The van der Waals surface area contributed by atoms with Crippen LogP contribution in [-0.4, -0.2) is 5.91 Å². The van der Waals surface area contributed by atoms with E-state index in [1.165, 1.54) is 12.1 Å². The first-order valence-electron chi connectivity index (χ1n) is 5.09. The van der Waals surface area contributed by atoms with Gasteiger partial charge in [-0.3, -0.25) is 4.79 Å². The average molecular weight is 329 g/mol. The second-order valence-corrected chi connectivity index (χ2v) is 4.79.